The Kier molecular flexibility index (Phi) is 8.82. The molecule has 2 heterocycles. The second-order valence-electron chi connectivity index (χ2n) is 7.86. The number of ether oxygens (including phenoxy) is 5. The summed E-state index contributed by atoms with van der Waals surface area (Å²) in [7, 11) is 1.38. The lowest BCUT2D eigenvalue weighted by Gasteiger charge is -2.42. The monoisotopic (exact) mass is 478 g/mol. The summed E-state index contributed by atoms with van der Waals surface area (Å²) in [5.74, 6) is 0.140. The molecule has 0 amide bonds. The molecule has 2 aliphatic rings. The molecule has 13 heteroatoms. The van der Waals surface area contributed by atoms with Crippen molar-refractivity contribution in [3.8, 4) is 11.5 Å². The molecule has 1 aromatic carbocycles. The molecule has 0 aromatic heterocycles. The zero-order valence-electron chi connectivity index (χ0n) is 17.7. The van der Waals surface area contributed by atoms with Crippen LogP contribution in [0.25, 0.3) is 0 Å². The number of methoxy groups -OCH3 is 1. The summed E-state index contributed by atoms with van der Waals surface area (Å²) in [6.07, 6.45) is -14.9. The van der Waals surface area contributed by atoms with Gasteiger partial charge in [-0.1, -0.05) is 6.07 Å². The number of hydrogen-bond donors (Lipinski definition) is 8. The third kappa shape index (κ3) is 5.72. The van der Waals surface area contributed by atoms with Crippen LogP contribution in [0, 0.1) is 0 Å². The van der Waals surface area contributed by atoms with Crippen LogP contribution in [0.1, 0.15) is 5.56 Å². The van der Waals surface area contributed by atoms with Gasteiger partial charge in [-0.05, 0) is 17.7 Å². The smallest absolute Gasteiger partial charge is 0.187 e. The summed E-state index contributed by atoms with van der Waals surface area (Å²) in [6, 6.07) is 4.46. The van der Waals surface area contributed by atoms with E-state index in [2.05, 4.69) is 0 Å². The zero-order valence-corrected chi connectivity index (χ0v) is 17.7. The molecule has 8 N–H and O–H groups in total. The van der Waals surface area contributed by atoms with Crippen LogP contribution in [0.4, 0.5) is 0 Å². The summed E-state index contributed by atoms with van der Waals surface area (Å²) in [5, 5.41) is 79.3. The van der Waals surface area contributed by atoms with Crippen molar-refractivity contribution in [2.75, 3.05) is 20.3 Å². The highest BCUT2D eigenvalue weighted by Gasteiger charge is 2.47. The first-order valence-corrected chi connectivity index (χ1v) is 10.3. The number of benzene rings is 1. The molecule has 0 radical (unpaired) electrons. The van der Waals surface area contributed by atoms with Gasteiger partial charge in [0.2, 0.25) is 0 Å². The van der Waals surface area contributed by atoms with Crippen molar-refractivity contribution in [1.82, 2.24) is 0 Å². The molecular weight excluding hydrogens is 448 g/mol. The van der Waals surface area contributed by atoms with Crippen LogP contribution in [0.2, 0.25) is 0 Å². The fourth-order valence-corrected chi connectivity index (χ4v) is 3.58. The molecule has 0 bridgehead atoms. The van der Waals surface area contributed by atoms with Crippen LogP contribution < -0.4 is 4.74 Å². The van der Waals surface area contributed by atoms with Gasteiger partial charge >= 0.3 is 0 Å². The molecule has 0 unspecified atom stereocenters. The maximum absolute atomic E-state index is 10.2. The molecule has 33 heavy (non-hydrogen) atoms. The average molecular weight is 478 g/mol. The number of hydrogen-bond acceptors (Lipinski definition) is 13. The summed E-state index contributed by atoms with van der Waals surface area (Å²) in [5.41, 5.74) is 0.565. The molecule has 0 spiro atoms. The minimum atomic E-state index is -1.66. The van der Waals surface area contributed by atoms with E-state index < -0.39 is 74.6 Å². The predicted molar refractivity (Wildman–Crippen MR) is 106 cm³/mol. The van der Waals surface area contributed by atoms with Crippen molar-refractivity contribution in [2.24, 2.45) is 0 Å². The summed E-state index contributed by atoms with van der Waals surface area (Å²) in [4.78, 5) is 0. The van der Waals surface area contributed by atoms with E-state index >= 15 is 0 Å². The number of aliphatic hydroxyl groups is 7. The molecule has 3 rings (SSSR count). The number of aromatic hydroxyl groups is 1. The van der Waals surface area contributed by atoms with Gasteiger partial charge in [0.25, 0.3) is 0 Å². The first-order chi connectivity index (χ1) is 15.7. The van der Waals surface area contributed by atoms with Gasteiger partial charge in [0.1, 0.15) is 48.8 Å². The normalized spacial score (nSPS) is 39.4. The quantitative estimate of drug-likeness (QED) is 0.183. The Morgan fingerprint density at radius 1 is 0.788 bits per heavy atom. The van der Waals surface area contributed by atoms with E-state index in [4.69, 9.17) is 23.7 Å². The van der Waals surface area contributed by atoms with E-state index in [0.29, 0.717) is 5.56 Å². The minimum Gasteiger partial charge on any atom is -0.504 e. The summed E-state index contributed by atoms with van der Waals surface area (Å²) >= 11 is 0. The minimum absolute atomic E-state index is 0.0702. The van der Waals surface area contributed by atoms with Crippen LogP contribution in [0.3, 0.4) is 0 Å². The molecule has 188 valence electrons. The van der Waals surface area contributed by atoms with E-state index in [1.165, 1.54) is 19.2 Å². The van der Waals surface area contributed by atoms with Crippen LogP contribution >= 0.6 is 0 Å². The third-order valence-corrected chi connectivity index (χ3v) is 5.60. The summed E-state index contributed by atoms with van der Waals surface area (Å²) in [6.45, 7) is -1.20. The lowest BCUT2D eigenvalue weighted by atomic mass is 9.98. The average Bonchev–Trinajstić information content (AvgIpc) is 2.81. The second kappa shape index (κ2) is 11.2. The molecule has 10 atom stereocenters. The standard InChI is InChI=1S/C20H30O13/c1-29-10-4-8(2-3-9(10)22)6-30-19-18(28)16(26)14(24)12(33-19)7-31-20-17(27)15(25)13(23)11(5-21)32-20/h2-4,11-28H,5-7H2,1H3/t11-,12-,13-,14-,15+,16+,17-,18-,19+,20+/m1/s1. The number of aliphatic hydroxyl groups excluding tert-OH is 7. The first kappa shape index (κ1) is 26.0. The van der Waals surface area contributed by atoms with E-state index in [-0.39, 0.29) is 18.1 Å². The van der Waals surface area contributed by atoms with Gasteiger partial charge in [0.05, 0.1) is 26.9 Å². The van der Waals surface area contributed by atoms with Crippen molar-refractivity contribution in [2.45, 2.75) is 68.0 Å². The fourth-order valence-electron chi connectivity index (χ4n) is 3.58. The van der Waals surface area contributed by atoms with Crippen molar-refractivity contribution in [3.63, 3.8) is 0 Å². The first-order valence-electron chi connectivity index (χ1n) is 10.3. The van der Waals surface area contributed by atoms with Crippen molar-refractivity contribution < 1.29 is 64.5 Å². The Hall–Kier alpha value is -1.62. The fraction of sp³-hybridized carbons (Fsp3) is 0.700. The lowest BCUT2D eigenvalue weighted by Crippen LogP contribution is -2.61. The molecule has 2 fully saturated rings. The SMILES string of the molecule is COc1cc(CO[C@H]2O[C@H](CO[C@H]3O[C@H](CO)[C@@H](O)[C@H](O)[C@H]3O)[C@@H](O)[C@H](O)[C@H]2O)ccc1O. The highest BCUT2D eigenvalue weighted by Crippen LogP contribution is 2.29. The molecule has 1 aromatic rings. The molecule has 0 aliphatic carbocycles. The van der Waals surface area contributed by atoms with Crippen molar-refractivity contribution >= 4 is 0 Å². The number of phenolic OH excluding ortho intramolecular Hbond substituents is 1. The Morgan fingerprint density at radius 2 is 1.36 bits per heavy atom. The third-order valence-electron chi connectivity index (χ3n) is 5.60. The second-order valence-corrected chi connectivity index (χ2v) is 7.86. The largest absolute Gasteiger partial charge is 0.504 e. The maximum atomic E-state index is 10.2. The van der Waals surface area contributed by atoms with Gasteiger partial charge in [-0.2, -0.15) is 0 Å². The van der Waals surface area contributed by atoms with Gasteiger partial charge < -0.3 is 64.5 Å². The Bertz CT molecular complexity index is 761. The number of rotatable bonds is 8. The maximum Gasteiger partial charge on any atom is 0.187 e. The van der Waals surface area contributed by atoms with Gasteiger partial charge in [-0.25, -0.2) is 0 Å². The van der Waals surface area contributed by atoms with Crippen LogP contribution in [0.15, 0.2) is 18.2 Å². The van der Waals surface area contributed by atoms with E-state index in [1.807, 2.05) is 0 Å². The van der Waals surface area contributed by atoms with Crippen LogP contribution in [0.5, 0.6) is 11.5 Å². The Morgan fingerprint density at radius 3 is 1.97 bits per heavy atom. The predicted octanol–water partition coefficient (Wildman–Crippen LogP) is -3.46. The topological polar surface area (TPSA) is 208 Å². The highest BCUT2D eigenvalue weighted by molar-refractivity contribution is 5.41. The Labute approximate surface area is 188 Å². The van der Waals surface area contributed by atoms with Crippen molar-refractivity contribution in [3.05, 3.63) is 23.8 Å². The molecule has 0 saturated carbocycles. The molecule has 13 nitrogen and oxygen atoms in total. The molecule has 2 aliphatic heterocycles. The van der Waals surface area contributed by atoms with Gasteiger partial charge in [0.15, 0.2) is 24.1 Å². The van der Waals surface area contributed by atoms with Gasteiger partial charge in [-0.3, -0.25) is 0 Å². The van der Waals surface area contributed by atoms with E-state index in [0.717, 1.165) is 0 Å². The highest BCUT2D eigenvalue weighted by atomic mass is 16.7. The zero-order chi connectivity index (χ0) is 24.3. The lowest BCUT2D eigenvalue weighted by molar-refractivity contribution is -0.332. The summed E-state index contributed by atoms with van der Waals surface area (Å²) < 4.78 is 26.7. The van der Waals surface area contributed by atoms with E-state index in [1.54, 1.807) is 6.07 Å². The number of phenols is 1. The van der Waals surface area contributed by atoms with Crippen LogP contribution in [-0.2, 0) is 25.6 Å². The van der Waals surface area contributed by atoms with Crippen LogP contribution in [-0.4, -0.2) is 123 Å². The van der Waals surface area contributed by atoms with Gasteiger partial charge in [0, 0.05) is 0 Å². The van der Waals surface area contributed by atoms with Crippen molar-refractivity contribution in [1.29, 1.82) is 0 Å². The molecular formula is C20H30O13. The Balaban J connectivity index is 1.61. The van der Waals surface area contributed by atoms with Gasteiger partial charge in [-0.15, -0.1) is 0 Å². The van der Waals surface area contributed by atoms with E-state index in [9.17, 15) is 40.9 Å². The molecule has 2 saturated heterocycles.